The van der Waals surface area contributed by atoms with Crippen LogP contribution >= 0.6 is 0 Å². The van der Waals surface area contributed by atoms with Crippen molar-refractivity contribution in [2.45, 2.75) is 44.6 Å². The van der Waals surface area contributed by atoms with Gasteiger partial charge in [-0.2, -0.15) is 0 Å². The van der Waals surface area contributed by atoms with Gasteiger partial charge in [0, 0.05) is 23.6 Å². The van der Waals surface area contributed by atoms with Gasteiger partial charge in [-0.1, -0.05) is 12.2 Å². The number of halogens is 2. The zero-order chi connectivity index (χ0) is 17.0. The third kappa shape index (κ3) is 4.33. The Hall–Kier alpha value is -1.38. The number of rotatable bonds is 5. The molecule has 128 valence electrons. The first-order valence-corrected chi connectivity index (χ1v) is 7.30. The number of benzene rings is 1. The quantitative estimate of drug-likeness (QED) is 0.564. The van der Waals surface area contributed by atoms with Crippen molar-refractivity contribution in [2.24, 2.45) is 0 Å². The summed E-state index contributed by atoms with van der Waals surface area (Å²) >= 11 is 0. The van der Waals surface area contributed by atoms with Gasteiger partial charge in [0.1, 0.15) is 23.8 Å². The molecule has 1 unspecified atom stereocenters. The van der Waals surface area contributed by atoms with Gasteiger partial charge in [0.25, 0.3) is 0 Å². The van der Waals surface area contributed by atoms with Gasteiger partial charge in [0.15, 0.2) is 6.29 Å². The normalized spacial score (nSPS) is 28.4. The number of aliphatic hydroxyl groups is 3. The Morgan fingerprint density at radius 3 is 2.70 bits per heavy atom. The topological polar surface area (TPSA) is 79.2 Å². The highest BCUT2D eigenvalue weighted by Gasteiger charge is 2.38. The summed E-state index contributed by atoms with van der Waals surface area (Å²) < 4.78 is 38.2. The second kappa shape index (κ2) is 7.94. The van der Waals surface area contributed by atoms with Crippen LogP contribution in [0, 0.1) is 11.6 Å². The van der Waals surface area contributed by atoms with E-state index in [1.165, 1.54) is 6.07 Å². The van der Waals surface area contributed by atoms with Crippen molar-refractivity contribution in [3.8, 4) is 0 Å². The van der Waals surface area contributed by atoms with E-state index in [0.29, 0.717) is 6.07 Å². The zero-order valence-corrected chi connectivity index (χ0v) is 12.7. The molecule has 1 heterocycles. The van der Waals surface area contributed by atoms with E-state index in [1.54, 1.807) is 12.2 Å². The maximum absolute atomic E-state index is 14.0. The molecule has 0 spiro atoms. The molecule has 0 aliphatic carbocycles. The first-order chi connectivity index (χ1) is 10.9. The van der Waals surface area contributed by atoms with Crippen molar-refractivity contribution >= 4 is 0 Å². The standard InChI is InChI=1S/C16H20F2O5/c1-2-3-4-22-8-9-5-10(12(18)6-11(9)17)16-15(21)13(19)7-14(20)23-16/h2-3,5-6,13-16,19-21H,4,7-8H2,1H3/b3-2+/t13-,14?,15+,16-/m0/s1. The molecule has 4 atom stereocenters. The second-order valence-electron chi connectivity index (χ2n) is 5.35. The van der Waals surface area contributed by atoms with Crippen LogP contribution in [0.15, 0.2) is 24.3 Å². The molecule has 3 N–H and O–H groups in total. The highest BCUT2D eigenvalue weighted by Crippen LogP contribution is 2.33. The van der Waals surface area contributed by atoms with E-state index in [2.05, 4.69) is 0 Å². The lowest BCUT2D eigenvalue weighted by Gasteiger charge is -2.35. The molecule has 1 saturated heterocycles. The molecule has 7 heteroatoms. The van der Waals surface area contributed by atoms with Crippen molar-refractivity contribution in [3.05, 3.63) is 47.0 Å². The van der Waals surface area contributed by atoms with Crippen molar-refractivity contribution in [2.75, 3.05) is 6.61 Å². The molecular formula is C16H20F2O5. The fourth-order valence-corrected chi connectivity index (χ4v) is 2.39. The van der Waals surface area contributed by atoms with Crippen LogP contribution < -0.4 is 0 Å². The first-order valence-electron chi connectivity index (χ1n) is 7.30. The predicted molar refractivity (Wildman–Crippen MR) is 77.3 cm³/mol. The monoisotopic (exact) mass is 330 g/mol. The van der Waals surface area contributed by atoms with Gasteiger partial charge in [-0.3, -0.25) is 0 Å². The molecule has 1 aliphatic rings. The predicted octanol–water partition coefficient (Wildman–Crippen LogP) is 1.56. The minimum Gasteiger partial charge on any atom is -0.390 e. The van der Waals surface area contributed by atoms with Crippen molar-refractivity contribution < 1.29 is 33.6 Å². The Morgan fingerprint density at radius 2 is 2.00 bits per heavy atom. The van der Waals surface area contributed by atoms with Gasteiger partial charge >= 0.3 is 0 Å². The third-order valence-corrected chi connectivity index (χ3v) is 3.63. The molecule has 0 bridgehead atoms. The largest absolute Gasteiger partial charge is 0.390 e. The summed E-state index contributed by atoms with van der Waals surface area (Å²) in [5.74, 6) is -1.71. The van der Waals surface area contributed by atoms with Gasteiger partial charge in [-0.15, -0.1) is 0 Å². The molecule has 0 radical (unpaired) electrons. The minimum absolute atomic E-state index is 0.0859. The summed E-state index contributed by atoms with van der Waals surface area (Å²) in [6, 6.07) is 1.85. The van der Waals surface area contributed by atoms with E-state index in [0.717, 1.165) is 0 Å². The number of allylic oxidation sites excluding steroid dienone is 1. The highest BCUT2D eigenvalue weighted by molar-refractivity contribution is 5.29. The highest BCUT2D eigenvalue weighted by atomic mass is 19.1. The molecule has 2 rings (SSSR count). The summed E-state index contributed by atoms with van der Waals surface area (Å²) in [5, 5.41) is 29.2. The first kappa shape index (κ1) is 18.0. The third-order valence-electron chi connectivity index (χ3n) is 3.63. The lowest BCUT2D eigenvalue weighted by Crippen LogP contribution is -2.43. The van der Waals surface area contributed by atoms with Crippen molar-refractivity contribution in [1.29, 1.82) is 0 Å². The van der Waals surface area contributed by atoms with Crippen LogP contribution in [0.4, 0.5) is 8.78 Å². The van der Waals surface area contributed by atoms with E-state index in [1.807, 2.05) is 6.92 Å². The number of hydrogen-bond donors (Lipinski definition) is 3. The van der Waals surface area contributed by atoms with Crippen LogP contribution in [-0.2, 0) is 16.1 Å². The molecular weight excluding hydrogens is 310 g/mol. The van der Waals surface area contributed by atoms with E-state index in [9.17, 15) is 24.1 Å². The molecule has 0 aromatic heterocycles. The Morgan fingerprint density at radius 1 is 1.26 bits per heavy atom. The summed E-state index contributed by atoms with van der Waals surface area (Å²) in [4.78, 5) is 0. The molecule has 0 amide bonds. The number of hydrogen-bond acceptors (Lipinski definition) is 5. The number of ether oxygens (including phenoxy) is 2. The molecule has 0 saturated carbocycles. The molecule has 1 fully saturated rings. The molecule has 1 aromatic rings. The van der Waals surface area contributed by atoms with E-state index >= 15 is 0 Å². The lowest BCUT2D eigenvalue weighted by atomic mass is 9.94. The Bertz CT molecular complexity index is 564. The van der Waals surface area contributed by atoms with Crippen LogP contribution in [0.5, 0.6) is 0 Å². The fraction of sp³-hybridized carbons (Fsp3) is 0.500. The summed E-state index contributed by atoms with van der Waals surface area (Å²) in [5.41, 5.74) is -0.0439. The number of aliphatic hydroxyl groups excluding tert-OH is 3. The average Bonchev–Trinajstić information content (AvgIpc) is 2.49. The smallest absolute Gasteiger partial charge is 0.158 e. The average molecular weight is 330 g/mol. The molecule has 5 nitrogen and oxygen atoms in total. The van der Waals surface area contributed by atoms with Crippen LogP contribution in [0.2, 0.25) is 0 Å². The summed E-state index contributed by atoms with van der Waals surface area (Å²) in [6.07, 6.45) is -1.97. The molecule has 1 aromatic carbocycles. The SMILES string of the molecule is C/C=C/COCc1cc([C@@H]2OC(O)C[C@H](O)[C@H]2O)c(F)cc1F. The van der Waals surface area contributed by atoms with E-state index in [4.69, 9.17) is 9.47 Å². The minimum atomic E-state index is -1.42. The van der Waals surface area contributed by atoms with Crippen LogP contribution in [0.25, 0.3) is 0 Å². The maximum Gasteiger partial charge on any atom is 0.158 e. The zero-order valence-electron chi connectivity index (χ0n) is 12.7. The van der Waals surface area contributed by atoms with Crippen LogP contribution in [-0.4, -0.2) is 40.4 Å². The van der Waals surface area contributed by atoms with Gasteiger partial charge < -0.3 is 24.8 Å². The van der Waals surface area contributed by atoms with Gasteiger partial charge in [-0.25, -0.2) is 8.78 Å². The van der Waals surface area contributed by atoms with E-state index in [-0.39, 0.29) is 30.8 Å². The van der Waals surface area contributed by atoms with Gasteiger partial charge in [0.2, 0.25) is 0 Å². The van der Waals surface area contributed by atoms with Crippen LogP contribution in [0.3, 0.4) is 0 Å². The lowest BCUT2D eigenvalue weighted by molar-refractivity contribution is -0.235. The van der Waals surface area contributed by atoms with E-state index < -0.39 is 36.2 Å². The molecule has 1 aliphatic heterocycles. The maximum atomic E-state index is 14.0. The second-order valence-corrected chi connectivity index (χ2v) is 5.35. The van der Waals surface area contributed by atoms with Crippen molar-refractivity contribution in [1.82, 2.24) is 0 Å². The Labute approximate surface area is 132 Å². The summed E-state index contributed by atoms with van der Waals surface area (Å²) in [7, 11) is 0. The molecule has 23 heavy (non-hydrogen) atoms. The van der Waals surface area contributed by atoms with Crippen LogP contribution in [0.1, 0.15) is 30.6 Å². The van der Waals surface area contributed by atoms with Crippen molar-refractivity contribution in [3.63, 3.8) is 0 Å². The Kier molecular flexibility index (Phi) is 6.20. The van der Waals surface area contributed by atoms with Gasteiger partial charge in [0.05, 0.1) is 19.3 Å². The van der Waals surface area contributed by atoms with Gasteiger partial charge in [-0.05, 0) is 13.0 Å². The summed E-state index contributed by atoms with van der Waals surface area (Å²) in [6.45, 7) is 2.01. The fourth-order valence-electron chi connectivity index (χ4n) is 2.39. The Balaban J connectivity index is 2.23.